The molecule has 8 heteroatoms. The second-order valence-electron chi connectivity index (χ2n) is 8.06. The highest BCUT2D eigenvalue weighted by atomic mass is 16.5. The van der Waals surface area contributed by atoms with Gasteiger partial charge in [-0.25, -0.2) is 4.79 Å². The molecule has 0 radical (unpaired) electrons. The van der Waals surface area contributed by atoms with Gasteiger partial charge in [-0.15, -0.1) is 0 Å². The largest absolute Gasteiger partial charge is 0.489 e. The van der Waals surface area contributed by atoms with Gasteiger partial charge in [0.05, 0.1) is 0 Å². The predicted molar refractivity (Wildman–Crippen MR) is 119 cm³/mol. The Balaban J connectivity index is 1.47. The molecule has 0 aliphatic carbocycles. The number of carbonyl (C=O) groups excluding carboxylic acids is 2. The van der Waals surface area contributed by atoms with Crippen LogP contribution in [-0.2, 0) is 22.6 Å². The molecule has 8 nitrogen and oxygen atoms in total. The van der Waals surface area contributed by atoms with E-state index in [0.717, 1.165) is 11.1 Å². The topological polar surface area (TPSA) is 122 Å². The number of likely N-dealkylation sites (tertiary alicyclic amines) is 1. The molecule has 0 saturated carbocycles. The van der Waals surface area contributed by atoms with Crippen molar-refractivity contribution in [3.8, 4) is 5.75 Å². The van der Waals surface area contributed by atoms with Gasteiger partial charge in [0.25, 0.3) is 0 Å². The number of nitrogens with one attached hydrogen (secondary N) is 1. The zero-order chi connectivity index (χ0) is 22.9. The van der Waals surface area contributed by atoms with Gasteiger partial charge in [0.1, 0.15) is 18.4 Å². The molecule has 1 atom stereocenters. The maximum Gasteiger partial charge on any atom is 0.407 e. The number of nitrogens with two attached hydrogens (primary N) is 1. The van der Waals surface area contributed by atoms with Crippen LogP contribution in [0.1, 0.15) is 30.4 Å². The second-order valence-corrected chi connectivity index (χ2v) is 8.06. The summed E-state index contributed by atoms with van der Waals surface area (Å²) in [5.41, 5.74) is 7.44. The number of nitrogens with zero attached hydrogens (tertiary/aromatic N) is 1. The van der Waals surface area contributed by atoms with E-state index in [1.54, 1.807) is 0 Å². The molecular formula is C24H29N3O5. The number of hydrogen-bond donors (Lipinski definition) is 3. The van der Waals surface area contributed by atoms with Crippen molar-refractivity contribution in [2.24, 2.45) is 11.7 Å². The average molecular weight is 440 g/mol. The van der Waals surface area contributed by atoms with Gasteiger partial charge in [0.2, 0.25) is 11.8 Å². The Bertz CT molecular complexity index is 909. The van der Waals surface area contributed by atoms with Gasteiger partial charge in [-0.1, -0.05) is 42.5 Å². The summed E-state index contributed by atoms with van der Waals surface area (Å²) in [6, 6.07) is 16.4. The van der Waals surface area contributed by atoms with Crippen LogP contribution in [0.2, 0.25) is 0 Å². The lowest BCUT2D eigenvalue weighted by atomic mass is 9.93. The van der Waals surface area contributed by atoms with Crippen molar-refractivity contribution in [2.45, 2.75) is 38.3 Å². The van der Waals surface area contributed by atoms with Gasteiger partial charge < -0.3 is 25.8 Å². The van der Waals surface area contributed by atoms with Crippen LogP contribution in [0.15, 0.2) is 54.6 Å². The first-order valence-electron chi connectivity index (χ1n) is 10.7. The van der Waals surface area contributed by atoms with Gasteiger partial charge in [0, 0.05) is 25.9 Å². The first kappa shape index (κ1) is 23.1. The molecule has 0 aromatic heterocycles. The lowest BCUT2D eigenvalue weighted by Crippen LogP contribution is -2.46. The lowest BCUT2D eigenvalue weighted by molar-refractivity contribution is -0.128. The first-order chi connectivity index (χ1) is 15.4. The minimum absolute atomic E-state index is 0.0974. The molecule has 0 spiro atoms. The van der Waals surface area contributed by atoms with Crippen molar-refractivity contribution < 1.29 is 24.2 Å². The van der Waals surface area contributed by atoms with Crippen molar-refractivity contribution in [1.29, 1.82) is 0 Å². The van der Waals surface area contributed by atoms with Crippen LogP contribution in [0, 0.1) is 5.92 Å². The van der Waals surface area contributed by atoms with Crippen molar-refractivity contribution in [2.75, 3.05) is 13.1 Å². The highest BCUT2D eigenvalue weighted by molar-refractivity contribution is 5.86. The Labute approximate surface area is 187 Å². The molecule has 1 fully saturated rings. The second kappa shape index (κ2) is 11.2. The molecule has 1 aliphatic rings. The van der Waals surface area contributed by atoms with Crippen LogP contribution >= 0.6 is 0 Å². The fourth-order valence-corrected chi connectivity index (χ4v) is 3.76. The minimum Gasteiger partial charge on any atom is -0.489 e. The monoisotopic (exact) mass is 439 g/mol. The fourth-order valence-electron chi connectivity index (χ4n) is 3.76. The van der Waals surface area contributed by atoms with E-state index in [0.29, 0.717) is 38.3 Å². The molecule has 0 unspecified atom stereocenters. The Hall–Kier alpha value is -3.55. The Morgan fingerprint density at radius 2 is 1.69 bits per heavy atom. The molecule has 1 heterocycles. The van der Waals surface area contributed by atoms with Crippen molar-refractivity contribution in [3.63, 3.8) is 0 Å². The van der Waals surface area contributed by atoms with Gasteiger partial charge in [-0.3, -0.25) is 9.59 Å². The van der Waals surface area contributed by atoms with E-state index in [4.69, 9.17) is 15.6 Å². The molecule has 0 bridgehead atoms. The van der Waals surface area contributed by atoms with Crippen LogP contribution in [0.25, 0.3) is 0 Å². The van der Waals surface area contributed by atoms with Crippen molar-refractivity contribution in [3.05, 3.63) is 65.7 Å². The number of hydrogen-bond acceptors (Lipinski definition) is 4. The summed E-state index contributed by atoms with van der Waals surface area (Å²) in [6.07, 6.45) is 0.871. The molecule has 1 saturated heterocycles. The normalized spacial score (nSPS) is 15.1. The number of ether oxygens (including phenoxy) is 1. The van der Waals surface area contributed by atoms with E-state index in [2.05, 4.69) is 5.32 Å². The molecule has 170 valence electrons. The summed E-state index contributed by atoms with van der Waals surface area (Å²) in [6.45, 7) is 1.31. The average Bonchev–Trinajstić information content (AvgIpc) is 2.79. The molecule has 2 aromatic rings. The highest BCUT2D eigenvalue weighted by Gasteiger charge is 2.26. The summed E-state index contributed by atoms with van der Waals surface area (Å²) >= 11 is 0. The molecule has 3 amide bonds. The number of carbonyl (C=O) groups is 3. The zero-order valence-electron chi connectivity index (χ0n) is 17.9. The molecule has 3 rings (SSSR count). The maximum absolute atomic E-state index is 12.4. The molecule has 1 aliphatic heterocycles. The SMILES string of the molecule is NC(=O)[C@H](Cc1ccc(OCc2ccccc2)cc1)NC(=O)CC1CCN(C(=O)O)CC1. The Morgan fingerprint density at radius 3 is 2.28 bits per heavy atom. The summed E-state index contributed by atoms with van der Waals surface area (Å²) in [7, 11) is 0. The zero-order valence-corrected chi connectivity index (χ0v) is 17.9. The summed E-state index contributed by atoms with van der Waals surface area (Å²) in [4.78, 5) is 36.7. The number of primary amides is 1. The lowest BCUT2D eigenvalue weighted by Gasteiger charge is -2.29. The van der Waals surface area contributed by atoms with E-state index < -0.39 is 18.0 Å². The van der Waals surface area contributed by atoms with E-state index in [-0.39, 0.29) is 24.7 Å². The van der Waals surface area contributed by atoms with Gasteiger partial charge in [-0.2, -0.15) is 0 Å². The van der Waals surface area contributed by atoms with Crippen molar-refractivity contribution in [1.82, 2.24) is 10.2 Å². The van der Waals surface area contributed by atoms with E-state index in [1.807, 2.05) is 54.6 Å². The smallest absolute Gasteiger partial charge is 0.407 e. The van der Waals surface area contributed by atoms with Gasteiger partial charge in [-0.05, 0) is 42.0 Å². The van der Waals surface area contributed by atoms with E-state index >= 15 is 0 Å². The number of amides is 3. The van der Waals surface area contributed by atoms with Crippen LogP contribution < -0.4 is 15.8 Å². The van der Waals surface area contributed by atoms with Crippen LogP contribution in [-0.4, -0.2) is 47.0 Å². The van der Waals surface area contributed by atoms with Gasteiger partial charge in [0.15, 0.2) is 0 Å². The third kappa shape index (κ3) is 7.01. The first-order valence-corrected chi connectivity index (χ1v) is 10.7. The minimum atomic E-state index is -0.932. The van der Waals surface area contributed by atoms with E-state index in [1.165, 1.54) is 4.90 Å². The van der Waals surface area contributed by atoms with Crippen LogP contribution in [0.5, 0.6) is 5.75 Å². The van der Waals surface area contributed by atoms with Crippen LogP contribution in [0.4, 0.5) is 4.79 Å². The molecular weight excluding hydrogens is 410 g/mol. The number of piperidine rings is 1. The Morgan fingerprint density at radius 1 is 1.03 bits per heavy atom. The Kier molecular flexibility index (Phi) is 8.08. The van der Waals surface area contributed by atoms with Crippen LogP contribution in [0.3, 0.4) is 0 Å². The number of carboxylic acid groups (broad SMARTS) is 1. The predicted octanol–water partition coefficient (Wildman–Crippen LogP) is 2.56. The van der Waals surface area contributed by atoms with Gasteiger partial charge >= 0.3 is 6.09 Å². The standard InChI is InChI=1S/C24H29N3O5/c25-23(29)21(26-22(28)15-18-10-12-27(13-11-18)24(30)31)14-17-6-8-20(9-7-17)32-16-19-4-2-1-3-5-19/h1-9,18,21H,10-16H2,(H2,25,29)(H,26,28)(H,30,31)/t21-/m0/s1. The molecule has 4 N–H and O–H groups in total. The quantitative estimate of drug-likeness (QED) is 0.554. The molecule has 2 aromatic carbocycles. The summed E-state index contributed by atoms with van der Waals surface area (Å²) in [5, 5.41) is 11.7. The highest BCUT2D eigenvalue weighted by Crippen LogP contribution is 2.21. The van der Waals surface area contributed by atoms with E-state index in [9.17, 15) is 14.4 Å². The summed E-state index contributed by atoms with van der Waals surface area (Å²) in [5.74, 6) is -0.0287. The third-order valence-corrected chi connectivity index (χ3v) is 5.65. The maximum atomic E-state index is 12.4. The third-order valence-electron chi connectivity index (χ3n) is 5.65. The number of rotatable bonds is 9. The number of benzene rings is 2. The summed E-state index contributed by atoms with van der Waals surface area (Å²) < 4.78 is 5.77. The fraction of sp³-hybridized carbons (Fsp3) is 0.375. The van der Waals surface area contributed by atoms with Crippen molar-refractivity contribution >= 4 is 17.9 Å². The molecule has 32 heavy (non-hydrogen) atoms.